The summed E-state index contributed by atoms with van der Waals surface area (Å²) in [5.74, 6) is 0. The van der Waals surface area contributed by atoms with Crippen LogP contribution < -0.4 is 5.32 Å². The molecular weight excluding hydrogens is 313 g/mol. The number of benzene rings is 1. The lowest BCUT2D eigenvalue weighted by atomic mass is 9.92. The van der Waals surface area contributed by atoms with Crippen LogP contribution in [0.2, 0.25) is 0 Å². The van der Waals surface area contributed by atoms with E-state index in [1.165, 1.54) is 31.0 Å². The van der Waals surface area contributed by atoms with Gasteiger partial charge in [0.15, 0.2) is 0 Å². The van der Waals surface area contributed by atoms with E-state index in [0.29, 0.717) is 0 Å². The fraction of sp³-hybridized carbons (Fsp3) is 0.533. The molecule has 1 aromatic rings. The number of nitrogens with one attached hydrogen (secondary N) is 1. The molecule has 0 spiro atoms. The molecule has 1 aromatic carbocycles. The first-order valence-electron chi connectivity index (χ1n) is 6.95. The summed E-state index contributed by atoms with van der Waals surface area (Å²) in [7, 11) is 1.43. The number of nitrogens with zero attached hydrogens (tertiary/aromatic N) is 1. The minimum absolute atomic E-state index is 0.0455. The first-order valence-corrected chi connectivity index (χ1v) is 6.95. The van der Waals surface area contributed by atoms with Crippen LogP contribution in [0.4, 0.5) is 23.7 Å². The molecular formula is C15H21F3N2O3. The molecule has 0 bridgehead atoms. The molecule has 0 aliphatic carbocycles. The third-order valence-electron chi connectivity index (χ3n) is 3.61. The molecule has 0 heterocycles. The van der Waals surface area contributed by atoms with Gasteiger partial charge in [0, 0.05) is 24.7 Å². The summed E-state index contributed by atoms with van der Waals surface area (Å²) >= 11 is 0. The number of hydrogen-bond donors (Lipinski definition) is 3. The Bertz CT molecular complexity index is 557. The Kier molecular flexibility index (Phi) is 6.01. The van der Waals surface area contributed by atoms with E-state index in [4.69, 9.17) is 0 Å². The van der Waals surface area contributed by atoms with E-state index in [-0.39, 0.29) is 31.0 Å². The Hall–Kier alpha value is -1.80. The normalized spacial score (nSPS) is 12.2. The highest BCUT2D eigenvalue weighted by Crippen LogP contribution is 2.34. The fourth-order valence-corrected chi connectivity index (χ4v) is 2.08. The molecule has 2 amide bonds. The number of aliphatic hydroxyl groups is 2. The van der Waals surface area contributed by atoms with Gasteiger partial charge in [0.25, 0.3) is 0 Å². The lowest BCUT2D eigenvalue weighted by molar-refractivity contribution is -0.138. The molecule has 8 heteroatoms. The number of alkyl halides is 3. The van der Waals surface area contributed by atoms with E-state index < -0.39 is 23.2 Å². The van der Waals surface area contributed by atoms with Crippen LogP contribution in [-0.4, -0.2) is 48.0 Å². The van der Waals surface area contributed by atoms with Crippen molar-refractivity contribution in [3.63, 3.8) is 0 Å². The number of hydrogen-bond acceptors (Lipinski definition) is 3. The summed E-state index contributed by atoms with van der Waals surface area (Å²) in [4.78, 5) is 13.3. The van der Waals surface area contributed by atoms with E-state index >= 15 is 0 Å². The first-order chi connectivity index (χ1) is 10.5. The summed E-state index contributed by atoms with van der Waals surface area (Å²) in [6, 6.07) is 2.93. The number of aliphatic hydroxyl groups excluding tert-OH is 2. The average molecular weight is 334 g/mol. The van der Waals surface area contributed by atoms with Gasteiger partial charge in [0.2, 0.25) is 0 Å². The molecule has 23 heavy (non-hydrogen) atoms. The van der Waals surface area contributed by atoms with Gasteiger partial charge in [0.05, 0.1) is 18.8 Å². The highest BCUT2D eigenvalue weighted by molar-refractivity contribution is 5.90. The average Bonchev–Trinajstić information content (AvgIpc) is 2.47. The van der Waals surface area contributed by atoms with Crippen molar-refractivity contribution in [1.29, 1.82) is 0 Å². The van der Waals surface area contributed by atoms with Crippen molar-refractivity contribution in [2.45, 2.75) is 20.0 Å². The summed E-state index contributed by atoms with van der Waals surface area (Å²) in [5, 5.41) is 20.9. The standard InChI is InChI=1S/C15H21F3N2O3/c1-10-11(15(16,17)18)5-4-6-12(10)19-13(23)20(3)7-14(2,8-21)9-22/h4-6,21-22H,7-9H2,1-3H3,(H,19,23). The smallest absolute Gasteiger partial charge is 0.396 e. The van der Waals surface area contributed by atoms with Gasteiger partial charge in [-0.05, 0) is 24.6 Å². The van der Waals surface area contributed by atoms with Crippen molar-refractivity contribution in [2.75, 3.05) is 32.1 Å². The van der Waals surface area contributed by atoms with Gasteiger partial charge < -0.3 is 20.4 Å². The van der Waals surface area contributed by atoms with Crippen molar-refractivity contribution < 1.29 is 28.2 Å². The third-order valence-corrected chi connectivity index (χ3v) is 3.61. The van der Waals surface area contributed by atoms with Crippen LogP contribution in [0.15, 0.2) is 18.2 Å². The van der Waals surface area contributed by atoms with Gasteiger partial charge in [-0.1, -0.05) is 13.0 Å². The molecule has 1 rings (SSSR count). The Balaban J connectivity index is 2.90. The monoisotopic (exact) mass is 334 g/mol. The topological polar surface area (TPSA) is 72.8 Å². The number of amides is 2. The maximum Gasteiger partial charge on any atom is 0.416 e. The number of halogens is 3. The predicted molar refractivity (Wildman–Crippen MR) is 80.1 cm³/mol. The number of carbonyl (C=O) groups is 1. The van der Waals surface area contributed by atoms with E-state index in [1.54, 1.807) is 6.92 Å². The van der Waals surface area contributed by atoms with Gasteiger partial charge in [-0.2, -0.15) is 13.2 Å². The van der Waals surface area contributed by atoms with E-state index in [9.17, 15) is 28.2 Å². The number of rotatable bonds is 5. The van der Waals surface area contributed by atoms with Gasteiger partial charge >= 0.3 is 12.2 Å². The van der Waals surface area contributed by atoms with Crippen LogP contribution >= 0.6 is 0 Å². The molecule has 0 aliphatic heterocycles. The zero-order chi connectivity index (χ0) is 17.8. The summed E-state index contributed by atoms with van der Waals surface area (Å²) in [5.41, 5.74) is -1.72. The second-order valence-electron chi connectivity index (χ2n) is 5.89. The molecule has 0 saturated carbocycles. The van der Waals surface area contributed by atoms with E-state index in [2.05, 4.69) is 5.32 Å². The second-order valence-corrected chi connectivity index (χ2v) is 5.89. The molecule has 0 aromatic heterocycles. The molecule has 5 nitrogen and oxygen atoms in total. The summed E-state index contributed by atoms with van der Waals surface area (Å²) in [6.45, 7) is 2.26. The van der Waals surface area contributed by atoms with Crippen LogP contribution in [0.1, 0.15) is 18.1 Å². The molecule has 0 saturated heterocycles. The zero-order valence-electron chi connectivity index (χ0n) is 13.2. The maximum absolute atomic E-state index is 12.9. The van der Waals surface area contributed by atoms with E-state index in [0.717, 1.165) is 6.07 Å². The lowest BCUT2D eigenvalue weighted by Gasteiger charge is -2.30. The van der Waals surface area contributed by atoms with Gasteiger partial charge in [-0.3, -0.25) is 0 Å². The third kappa shape index (κ3) is 4.84. The first kappa shape index (κ1) is 19.2. The molecule has 0 radical (unpaired) electrons. The van der Waals surface area contributed by atoms with Crippen molar-refractivity contribution in [3.8, 4) is 0 Å². The minimum atomic E-state index is -4.50. The van der Waals surface area contributed by atoms with Crippen LogP contribution in [0.25, 0.3) is 0 Å². The number of urea groups is 1. The van der Waals surface area contributed by atoms with Crippen molar-refractivity contribution in [1.82, 2.24) is 4.90 Å². The fourth-order valence-electron chi connectivity index (χ4n) is 2.08. The largest absolute Gasteiger partial charge is 0.416 e. The predicted octanol–water partition coefficient (Wildman–Crippen LogP) is 2.47. The Labute approximate surface area is 132 Å². The van der Waals surface area contributed by atoms with Crippen molar-refractivity contribution in [2.24, 2.45) is 5.41 Å². The Morgan fingerprint density at radius 2 is 1.83 bits per heavy atom. The Morgan fingerprint density at radius 1 is 1.26 bits per heavy atom. The SMILES string of the molecule is Cc1c(NC(=O)N(C)CC(C)(CO)CO)cccc1C(F)(F)F. The van der Waals surface area contributed by atoms with Gasteiger partial charge in [0.1, 0.15) is 0 Å². The lowest BCUT2D eigenvalue weighted by Crippen LogP contribution is -2.43. The maximum atomic E-state index is 12.9. The molecule has 0 aliphatic rings. The quantitative estimate of drug-likeness (QED) is 0.774. The molecule has 3 N–H and O–H groups in total. The number of anilines is 1. The second kappa shape index (κ2) is 7.18. The minimum Gasteiger partial charge on any atom is -0.396 e. The molecule has 0 atom stereocenters. The Morgan fingerprint density at radius 3 is 2.30 bits per heavy atom. The van der Waals surface area contributed by atoms with Crippen LogP contribution in [0, 0.1) is 12.3 Å². The summed E-state index contributed by atoms with van der Waals surface area (Å²) in [6.07, 6.45) is -4.50. The van der Waals surface area contributed by atoms with Crippen molar-refractivity contribution in [3.05, 3.63) is 29.3 Å². The molecule has 0 unspecified atom stereocenters. The van der Waals surface area contributed by atoms with Crippen LogP contribution in [-0.2, 0) is 6.18 Å². The van der Waals surface area contributed by atoms with Gasteiger partial charge in [-0.25, -0.2) is 4.79 Å². The van der Waals surface area contributed by atoms with Crippen LogP contribution in [0.5, 0.6) is 0 Å². The molecule has 130 valence electrons. The highest BCUT2D eigenvalue weighted by Gasteiger charge is 2.33. The number of carbonyl (C=O) groups excluding carboxylic acids is 1. The van der Waals surface area contributed by atoms with E-state index in [1.807, 2.05) is 0 Å². The van der Waals surface area contributed by atoms with Crippen molar-refractivity contribution >= 4 is 11.7 Å². The van der Waals surface area contributed by atoms with Crippen LogP contribution in [0.3, 0.4) is 0 Å². The zero-order valence-corrected chi connectivity index (χ0v) is 13.2. The molecule has 0 fully saturated rings. The summed E-state index contributed by atoms with van der Waals surface area (Å²) < 4.78 is 38.6. The van der Waals surface area contributed by atoms with Gasteiger partial charge in [-0.15, -0.1) is 0 Å². The highest BCUT2D eigenvalue weighted by atomic mass is 19.4.